The normalized spacial score (nSPS) is 20.7. The monoisotopic (exact) mass is 411 g/mol. The van der Waals surface area contributed by atoms with Gasteiger partial charge in [0.2, 0.25) is 0 Å². The Morgan fingerprint density at radius 3 is 2.56 bits per heavy atom. The highest BCUT2D eigenvalue weighted by atomic mass is 35.5. The number of hydrogen-bond donors (Lipinski definition) is 0. The molecule has 27 heavy (non-hydrogen) atoms. The summed E-state index contributed by atoms with van der Waals surface area (Å²) in [5.41, 5.74) is -1.39. The van der Waals surface area contributed by atoms with Crippen LogP contribution in [0.2, 0.25) is 0 Å². The number of carbonyl (C=O) groups is 2. The van der Waals surface area contributed by atoms with E-state index in [2.05, 4.69) is 0 Å². The zero-order valence-electron chi connectivity index (χ0n) is 16.3. The van der Waals surface area contributed by atoms with Crippen molar-refractivity contribution in [2.45, 2.75) is 61.6 Å². The maximum atomic E-state index is 13.0. The van der Waals surface area contributed by atoms with Crippen molar-refractivity contribution in [1.82, 2.24) is 4.90 Å². The first kappa shape index (κ1) is 21.8. The molecular weight excluding hydrogens is 386 g/mol. The molecule has 5 nitrogen and oxygen atoms in total. The van der Waals surface area contributed by atoms with Gasteiger partial charge in [-0.25, -0.2) is 4.79 Å². The molecule has 0 spiro atoms. The Bertz CT molecular complexity index is 700. The highest BCUT2D eigenvalue weighted by Crippen LogP contribution is 2.34. The number of benzene rings is 1. The molecular formula is C20H26ClNO4S. The highest BCUT2D eigenvalue weighted by Gasteiger charge is 2.44. The summed E-state index contributed by atoms with van der Waals surface area (Å²) in [6, 6.07) is 9.11. The van der Waals surface area contributed by atoms with E-state index < -0.39 is 28.0 Å². The van der Waals surface area contributed by atoms with Crippen molar-refractivity contribution in [3.63, 3.8) is 0 Å². The number of amides is 1. The number of esters is 1. The lowest BCUT2D eigenvalue weighted by molar-refractivity contribution is -0.149. The van der Waals surface area contributed by atoms with Gasteiger partial charge in [-0.1, -0.05) is 47.6 Å². The van der Waals surface area contributed by atoms with Gasteiger partial charge in [0, 0.05) is 11.0 Å². The number of halogens is 1. The summed E-state index contributed by atoms with van der Waals surface area (Å²) in [7, 11) is 0. The van der Waals surface area contributed by atoms with Crippen LogP contribution in [0.5, 0.6) is 0 Å². The molecule has 1 aromatic carbocycles. The summed E-state index contributed by atoms with van der Waals surface area (Å²) in [4.78, 5) is 27.4. The molecule has 7 heteroatoms. The smallest absolute Gasteiger partial charge is 0.331 e. The van der Waals surface area contributed by atoms with Gasteiger partial charge in [0.15, 0.2) is 4.71 Å². The zero-order chi connectivity index (χ0) is 20.2. The minimum absolute atomic E-state index is 0.258. The maximum Gasteiger partial charge on any atom is 0.331 e. The average molecular weight is 412 g/mol. The Morgan fingerprint density at radius 2 is 1.96 bits per heavy atom. The molecule has 1 unspecified atom stereocenters. The fraction of sp³-hybridized carbons (Fsp3) is 0.500. The van der Waals surface area contributed by atoms with Crippen LogP contribution in [0.3, 0.4) is 0 Å². The summed E-state index contributed by atoms with van der Waals surface area (Å²) in [5, 5.41) is 0. The molecule has 1 fully saturated rings. The molecule has 0 aliphatic carbocycles. The van der Waals surface area contributed by atoms with Gasteiger partial charge < -0.3 is 14.4 Å². The van der Waals surface area contributed by atoms with Gasteiger partial charge in [-0.2, -0.15) is 0 Å². The number of alkyl halides is 1. The molecule has 148 valence electrons. The van der Waals surface area contributed by atoms with Crippen LogP contribution >= 0.6 is 23.4 Å². The Morgan fingerprint density at radius 1 is 1.33 bits per heavy atom. The lowest BCUT2D eigenvalue weighted by atomic mass is 10.2. The van der Waals surface area contributed by atoms with E-state index >= 15 is 0 Å². The van der Waals surface area contributed by atoms with Crippen LogP contribution < -0.4 is 0 Å². The van der Waals surface area contributed by atoms with Crippen LogP contribution in [0.1, 0.15) is 34.6 Å². The van der Waals surface area contributed by atoms with E-state index in [0.717, 1.165) is 4.90 Å². The Balaban J connectivity index is 2.10. The van der Waals surface area contributed by atoms with Crippen molar-refractivity contribution in [3.05, 3.63) is 42.5 Å². The first-order valence-corrected chi connectivity index (χ1v) is 10.1. The third-order valence-corrected chi connectivity index (χ3v) is 5.20. The van der Waals surface area contributed by atoms with Crippen molar-refractivity contribution in [3.8, 4) is 0 Å². The fourth-order valence-corrected chi connectivity index (χ4v) is 3.89. The van der Waals surface area contributed by atoms with E-state index in [0.29, 0.717) is 0 Å². The van der Waals surface area contributed by atoms with Crippen molar-refractivity contribution in [2.75, 3.05) is 6.61 Å². The van der Waals surface area contributed by atoms with Gasteiger partial charge in [-0.05, 0) is 46.8 Å². The van der Waals surface area contributed by atoms with E-state index in [1.165, 1.54) is 17.8 Å². The minimum Gasteiger partial charge on any atom is -0.457 e. The van der Waals surface area contributed by atoms with Crippen LogP contribution in [0.25, 0.3) is 0 Å². The van der Waals surface area contributed by atoms with Gasteiger partial charge in [0.25, 0.3) is 5.91 Å². The van der Waals surface area contributed by atoms with Gasteiger partial charge >= 0.3 is 5.97 Å². The van der Waals surface area contributed by atoms with Crippen LogP contribution in [0.15, 0.2) is 47.4 Å². The first-order chi connectivity index (χ1) is 12.5. The largest absolute Gasteiger partial charge is 0.457 e. The summed E-state index contributed by atoms with van der Waals surface area (Å²) in [5.74, 6) is -0.715. The van der Waals surface area contributed by atoms with Crippen molar-refractivity contribution < 1.29 is 19.1 Å². The fourth-order valence-electron chi connectivity index (χ4n) is 2.71. The molecule has 1 aromatic rings. The van der Waals surface area contributed by atoms with Crippen molar-refractivity contribution in [1.29, 1.82) is 0 Å². The van der Waals surface area contributed by atoms with Gasteiger partial charge in [-0.3, -0.25) is 4.79 Å². The Kier molecular flexibility index (Phi) is 7.00. The second kappa shape index (κ2) is 8.67. The molecule has 1 aliphatic heterocycles. The number of thioether (sulfide) groups is 1. The zero-order valence-corrected chi connectivity index (χ0v) is 17.8. The van der Waals surface area contributed by atoms with Crippen molar-refractivity contribution >= 4 is 35.2 Å². The number of hydrogen-bond acceptors (Lipinski definition) is 5. The molecule has 0 aromatic heterocycles. The van der Waals surface area contributed by atoms with E-state index in [1.54, 1.807) is 31.7 Å². The predicted octanol–water partition coefficient (Wildman–Crippen LogP) is 4.21. The number of rotatable bonds is 5. The van der Waals surface area contributed by atoms with Crippen LogP contribution in [0, 0.1) is 0 Å². The standard InChI is InChI=1S/C20H26ClNO4S/c1-19(2,3)26-16(23)12-11-14-13-25-20(4,5)22(14)18(24)17(21)27-15-9-7-6-8-10-15/h6-12,14,17H,13H2,1-5H3/b12-11+/t14-,17?/m0/s1. The van der Waals surface area contributed by atoms with E-state index in [-0.39, 0.29) is 12.5 Å². The highest BCUT2D eigenvalue weighted by molar-refractivity contribution is 8.01. The number of nitrogens with zero attached hydrogens (tertiary/aromatic N) is 1. The van der Waals surface area contributed by atoms with E-state index in [9.17, 15) is 9.59 Å². The molecule has 0 N–H and O–H groups in total. The number of ether oxygens (including phenoxy) is 2. The van der Waals surface area contributed by atoms with Crippen molar-refractivity contribution in [2.24, 2.45) is 0 Å². The van der Waals surface area contributed by atoms with E-state index in [4.69, 9.17) is 21.1 Å². The molecule has 1 aliphatic rings. The molecule has 1 heterocycles. The average Bonchev–Trinajstić information content (AvgIpc) is 2.86. The lowest BCUT2D eigenvalue weighted by Crippen LogP contribution is -2.49. The minimum atomic E-state index is -0.815. The predicted molar refractivity (Wildman–Crippen MR) is 108 cm³/mol. The quantitative estimate of drug-likeness (QED) is 0.314. The Hall–Kier alpha value is -1.50. The molecule has 0 saturated carbocycles. The molecule has 0 bridgehead atoms. The Labute approximate surface area is 170 Å². The number of carbonyl (C=O) groups excluding carboxylic acids is 2. The van der Waals surface area contributed by atoms with Crippen LogP contribution in [-0.4, -0.2) is 45.5 Å². The second-order valence-corrected chi connectivity index (χ2v) is 9.55. The van der Waals surface area contributed by atoms with Crippen LogP contribution in [0.4, 0.5) is 0 Å². The van der Waals surface area contributed by atoms with Gasteiger partial charge in [0.1, 0.15) is 11.3 Å². The SMILES string of the molecule is CC(C)(C)OC(=O)/C=C/[C@H]1COC(C)(C)N1C(=O)C(Cl)Sc1ccccc1. The van der Waals surface area contributed by atoms with Crippen LogP contribution in [-0.2, 0) is 19.1 Å². The second-order valence-electron chi connectivity index (χ2n) is 7.67. The summed E-state index contributed by atoms with van der Waals surface area (Å²) in [6.45, 7) is 9.31. The molecule has 1 amide bonds. The maximum absolute atomic E-state index is 13.0. The summed E-state index contributed by atoms with van der Waals surface area (Å²) < 4.78 is 10.2. The molecule has 2 atom stereocenters. The molecule has 0 radical (unpaired) electrons. The van der Waals surface area contributed by atoms with Gasteiger partial charge in [0.05, 0.1) is 12.6 Å². The van der Waals surface area contributed by atoms with Gasteiger partial charge in [-0.15, -0.1) is 0 Å². The first-order valence-electron chi connectivity index (χ1n) is 8.74. The summed E-state index contributed by atoms with van der Waals surface area (Å²) >= 11 is 7.67. The lowest BCUT2D eigenvalue weighted by Gasteiger charge is -2.34. The topological polar surface area (TPSA) is 55.8 Å². The molecule has 1 saturated heterocycles. The third kappa shape index (κ3) is 6.26. The summed E-state index contributed by atoms with van der Waals surface area (Å²) in [6.07, 6.45) is 2.98. The third-order valence-electron chi connectivity index (χ3n) is 3.79. The molecule has 2 rings (SSSR count). The van der Waals surface area contributed by atoms with E-state index in [1.807, 2.05) is 44.2 Å².